The zero-order chi connectivity index (χ0) is 18.7. The number of anilines is 1. The third kappa shape index (κ3) is 3.83. The molecule has 0 spiro atoms. The molecule has 0 aliphatic rings. The Balaban J connectivity index is 1.83. The highest BCUT2D eigenvalue weighted by Crippen LogP contribution is 2.29. The van der Waals surface area contributed by atoms with Crippen LogP contribution in [0.3, 0.4) is 0 Å². The summed E-state index contributed by atoms with van der Waals surface area (Å²) in [5.41, 5.74) is 3.15. The van der Waals surface area contributed by atoms with E-state index in [0.29, 0.717) is 6.54 Å². The number of aryl methyl sites for hydroxylation is 2. The second kappa shape index (κ2) is 7.78. The molecular weight excluding hydrogens is 346 g/mol. The van der Waals surface area contributed by atoms with Crippen LogP contribution in [0.1, 0.15) is 17.0 Å². The number of ether oxygens (including phenoxy) is 1. The van der Waals surface area contributed by atoms with E-state index in [1.54, 1.807) is 31.3 Å². The highest BCUT2D eigenvalue weighted by molar-refractivity contribution is 7.98. The van der Waals surface area contributed by atoms with Gasteiger partial charge in [0.2, 0.25) is 0 Å². The van der Waals surface area contributed by atoms with Crippen LogP contribution in [0.2, 0.25) is 0 Å². The van der Waals surface area contributed by atoms with Crippen molar-refractivity contribution in [1.29, 1.82) is 0 Å². The number of aromatic nitrogens is 4. The standard InChI is InChI=1S/C19H23N5OS/c1-13-8-14(2)24(22-13)19-11-20-10-18(21-19)23(3)12-15-6-7-17(26-5)16(9-15)25-4/h6-11H,12H2,1-5H3. The summed E-state index contributed by atoms with van der Waals surface area (Å²) in [4.78, 5) is 12.3. The summed E-state index contributed by atoms with van der Waals surface area (Å²) in [7, 11) is 3.70. The molecule has 3 aromatic rings. The highest BCUT2D eigenvalue weighted by Gasteiger charge is 2.11. The van der Waals surface area contributed by atoms with Crippen molar-refractivity contribution >= 4 is 17.6 Å². The second-order valence-corrected chi connectivity index (χ2v) is 6.97. The van der Waals surface area contributed by atoms with Crippen LogP contribution in [0.15, 0.2) is 41.6 Å². The molecule has 0 atom stereocenters. The first-order valence-electron chi connectivity index (χ1n) is 8.29. The van der Waals surface area contributed by atoms with Crippen molar-refractivity contribution in [3.05, 3.63) is 53.6 Å². The van der Waals surface area contributed by atoms with Gasteiger partial charge in [-0.15, -0.1) is 11.8 Å². The van der Waals surface area contributed by atoms with E-state index in [-0.39, 0.29) is 0 Å². The highest BCUT2D eigenvalue weighted by atomic mass is 32.2. The summed E-state index contributed by atoms with van der Waals surface area (Å²) in [6, 6.07) is 8.30. The molecule has 1 aromatic carbocycles. The maximum Gasteiger partial charge on any atom is 0.174 e. The van der Waals surface area contributed by atoms with Crippen LogP contribution in [-0.2, 0) is 6.54 Å². The van der Waals surface area contributed by atoms with E-state index in [1.807, 2.05) is 37.9 Å². The lowest BCUT2D eigenvalue weighted by Gasteiger charge is -2.19. The predicted molar refractivity (Wildman–Crippen MR) is 106 cm³/mol. The van der Waals surface area contributed by atoms with Crippen LogP contribution in [0.4, 0.5) is 5.82 Å². The Morgan fingerprint density at radius 1 is 1.19 bits per heavy atom. The molecule has 0 radical (unpaired) electrons. The quantitative estimate of drug-likeness (QED) is 0.618. The maximum absolute atomic E-state index is 5.48. The summed E-state index contributed by atoms with van der Waals surface area (Å²) < 4.78 is 7.29. The van der Waals surface area contributed by atoms with Crippen LogP contribution in [0, 0.1) is 13.8 Å². The molecule has 0 saturated heterocycles. The third-order valence-corrected chi connectivity index (χ3v) is 4.87. The van der Waals surface area contributed by atoms with Gasteiger partial charge in [0.1, 0.15) is 11.6 Å². The molecule has 0 aliphatic heterocycles. The van der Waals surface area contributed by atoms with Crippen LogP contribution in [0.25, 0.3) is 5.82 Å². The normalized spacial score (nSPS) is 10.8. The fourth-order valence-corrected chi connectivity index (χ4v) is 3.37. The molecule has 0 saturated carbocycles. The number of nitrogens with zero attached hydrogens (tertiary/aromatic N) is 5. The topological polar surface area (TPSA) is 56.1 Å². The van der Waals surface area contributed by atoms with E-state index in [2.05, 4.69) is 33.2 Å². The van der Waals surface area contributed by atoms with Crippen LogP contribution >= 0.6 is 11.8 Å². The van der Waals surface area contributed by atoms with Gasteiger partial charge in [-0.05, 0) is 43.9 Å². The number of hydrogen-bond donors (Lipinski definition) is 0. The van der Waals surface area contributed by atoms with Crippen molar-refractivity contribution in [2.75, 3.05) is 25.3 Å². The van der Waals surface area contributed by atoms with Gasteiger partial charge in [-0.25, -0.2) is 9.67 Å². The molecule has 0 amide bonds. The fourth-order valence-electron chi connectivity index (χ4n) is 2.83. The molecule has 0 aliphatic carbocycles. The van der Waals surface area contributed by atoms with Gasteiger partial charge in [-0.3, -0.25) is 4.98 Å². The van der Waals surface area contributed by atoms with Gasteiger partial charge in [0, 0.05) is 24.2 Å². The van der Waals surface area contributed by atoms with E-state index >= 15 is 0 Å². The fraction of sp³-hybridized carbons (Fsp3) is 0.316. The number of benzene rings is 1. The van der Waals surface area contributed by atoms with E-state index in [4.69, 9.17) is 9.72 Å². The number of methoxy groups -OCH3 is 1. The Kier molecular flexibility index (Phi) is 5.46. The summed E-state index contributed by atoms with van der Waals surface area (Å²) in [6.07, 6.45) is 5.54. The minimum absolute atomic E-state index is 0.709. The smallest absolute Gasteiger partial charge is 0.174 e. The summed E-state index contributed by atoms with van der Waals surface area (Å²) in [5.74, 6) is 2.41. The first-order valence-corrected chi connectivity index (χ1v) is 9.52. The minimum Gasteiger partial charge on any atom is -0.496 e. The lowest BCUT2D eigenvalue weighted by atomic mass is 10.2. The summed E-state index contributed by atoms with van der Waals surface area (Å²) in [5, 5.41) is 4.48. The Hall–Kier alpha value is -2.54. The molecule has 0 bridgehead atoms. The molecule has 136 valence electrons. The van der Waals surface area contributed by atoms with E-state index in [0.717, 1.165) is 39.2 Å². The predicted octanol–water partition coefficient (Wildman–Crippen LogP) is 3.65. The van der Waals surface area contributed by atoms with Gasteiger partial charge in [-0.1, -0.05) is 6.07 Å². The molecule has 6 nitrogen and oxygen atoms in total. The van der Waals surface area contributed by atoms with Crippen molar-refractivity contribution in [3.63, 3.8) is 0 Å². The molecule has 2 aromatic heterocycles. The average molecular weight is 369 g/mol. The largest absolute Gasteiger partial charge is 0.496 e. The Morgan fingerprint density at radius 2 is 2.00 bits per heavy atom. The van der Waals surface area contributed by atoms with E-state index < -0.39 is 0 Å². The third-order valence-electron chi connectivity index (χ3n) is 4.09. The monoisotopic (exact) mass is 369 g/mol. The van der Waals surface area contributed by atoms with Crippen LogP contribution < -0.4 is 9.64 Å². The first-order chi connectivity index (χ1) is 12.5. The van der Waals surface area contributed by atoms with Gasteiger partial charge in [-0.2, -0.15) is 5.10 Å². The van der Waals surface area contributed by atoms with Crippen molar-refractivity contribution in [1.82, 2.24) is 19.7 Å². The molecule has 0 N–H and O–H groups in total. The van der Waals surface area contributed by atoms with Crippen molar-refractivity contribution < 1.29 is 4.74 Å². The van der Waals surface area contributed by atoms with Gasteiger partial charge < -0.3 is 9.64 Å². The molecule has 0 fully saturated rings. The molecule has 26 heavy (non-hydrogen) atoms. The van der Waals surface area contributed by atoms with Crippen molar-refractivity contribution in [2.24, 2.45) is 0 Å². The summed E-state index contributed by atoms with van der Waals surface area (Å²) >= 11 is 1.68. The van der Waals surface area contributed by atoms with Crippen molar-refractivity contribution in [3.8, 4) is 11.6 Å². The van der Waals surface area contributed by atoms with E-state index in [9.17, 15) is 0 Å². The second-order valence-electron chi connectivity index (χ2n) is 6.12. The Bertz CT molecular complexity index is 909. The lowest BCUT2D eigenvalue weighted by Crippen LogP contribution is -2.19. The zero-order valence-electron chi connectivity index (χ0n) is 15.7. The van der Waals surface area contributed by atoms with Gasteiger partial charge in [0.15, 0.2) is 5.82 Å². The SMILES string of the molecule is COc1cc(CN(C)c2cncc(-n3nc(C)cc3C)n2)ccc1SC. The average Bonchev–Trinajstić information content (AvgIpc) is 2.99. The summed E-state index contributed by atoms with van der Waals surface area (Å²) in [6.45, 7) is 4.69. The van der Waals surface area contributed by atoms with Gasteiger partial charge in [0.25, 0.3) is 0 Å². The number of rotatable bonds is 6. The number of hydrogen-bond acceptors (Lipinski definition) is 6. The minimum atomic E-state index is 0.709. The molecule has 2 heterocycles. The maximum atomic E-state index is 5.48. The van der Waals surface area contributed by atoms with Crippen molar-refractivity contribution in [2.45, 2.75) is 25.3 Å². The zero-order valence-corrected chi connectivity index (χ0v) is 16.5. The number of thioether (sulfide) groups is 1. The Morgan fingerprint density at radius 3 is 2.65 bits per heavy atom. The van der Waals surface area contributed by atoms with E-state index in [1.165, 1.54) is 0 Å². The molecule has 7 heteroatoms. The Labute approximate surface area is 158 Å². The lowest BCUT2D eigenvalue weighted by molar-refractivity contribution is 0.404. The van der Waals surface area contributed by atoms with Gasteiger partial charge >= 0.3 is 0 Å². The molecule has 0 unspecified atom stereocenters. The molecule has 3 rings (SSSR count). The molecular formula is C19H23N5OS. The van der Waals surface area contributed by atoms with Gasteiger partial charge in [0.05, 0.1) is 25.2 Å². The van der Waals surface area contributed by atoms with Crippen LogP contribution in [0.5, 0.6) is 5.75 Å². The van der Waals surface area contributed by atoms with Crippen LogP contribution in [-0.4, -0.2) is 40.2 Å². The first kappa shape index (κ1) is 18.3.